The highest BCUT2D eigenvalue weighted by atomic mass is 32.2. The van der Waals surface area contributed by atoms with Gasteiger partial charge in [-0.05, 0) is 36.5 Å². The first-order valence-corrected chi connectivity index (χ1v) is 8.76. The highest BCUT2D eigenvalue weighted by Gasteiger charge is 2.22. The predicted octanol–water partition coefficient (Wildman–Crippen LogP) is 2.50. The summed E-state index contributed by atoms with van der Waals surface area (Å²) in [5, 5.41) is 1.89. The molecule has 0 radical (unpaired) electrons. The molecule has 0 amide bonds. The van der Waals surface area contributed by atoms with Crippen LogP contribution in [0.2, 0.25) is 0 Å². The summed E-state index contributed by atoms with van der Waals surface area (Å²) < 4.78 is 27.7. The van der Waals surface area contributed by atoms with Gasteiger partial charge in [-0.15, -0.1) is 0 Å². The Morgan fingerprint density at radius 2 is 1.71 bits per heavy atom. The molecule has 1 N–H and O–H groups in total. The average molecular weight is 320 g/mol. The Morgan fingerprint density at radius 1 is 1.05 bits per heavy atom. The van der Waals surface area contributed by atoms with Crippen LogP contribution in [0.3, 0.4) is 0 Å². The molecule has 1 aliphatic rings. The minimum Gasteiger partial charge on any atom is -0.348 e. The summed E-state index contributed by atoms with van der Waals surface area (Å²) in [5.74, 6) is 0. The fourth-order valence-corrected chi connectivity index (χ4v) is 4.30. The lowest BCUT2D eigenvalue weighted by molar-refractivity contribution is 0.514. The predicted molar refractivity (Wildman–Crippen MR) is 87.7 cm³/mol. The molecule has 1 saturated heterocycles. The van der Waals surface area contributed by atoms with Crippen LogP contribution < -0.4 is 4.72 Å². The van der Waals surface area contributed by atoms with Gasteiger partial charge in [0.15, 0.2) is 5.11 Å². The van der Waals surface area contributed by atoms with Crippen molar-refractivity contribution in [2.24, 2.45) is 0 Å². The van der Waals surface area contributed by atoms with Crippen molar-refractivity contribution in [3.05, 3.63) is 42.5 Å². The molecule has 21 heavy (non-hydrogen) atoms. The van der Waals surface area contributed by atoms with Gasteiger partial charge in [-0.3, -0.25) is 4.72 Å². The largest absolute Gasteiger partial charge is 0.348 e. The summed E-state index contributed by atoms with van der Waals surface area (Å²) >= 11 is 5.22. The summed E-state index contributed by atoms with van der Waals surface area (Å²) in [7, 11) is -3.66. The van der Waals surface area contributed by atoms with E-state index in [1.165, 1.54) is 0 Å². The van der Waals surface area contributed by atoms with Gasteiger partial charge in [0.25, 0.3) is 10.0 Å². The summed E-state index contributed by atoms with van der Waals surface area (Å²) in [4.78, 5) is 2.17. The Morgan fingerprint density at radius 3 is 2.48 bits per heavy atom. The molecule has 1 aliphatic heterocycles. The second-order valence-corrected chi connectivity index (χ2v) is 7.12. The van der Waals surface area contributed by atoms with Gasteiger partial charge in [-0.25, -0.2) is 8.42 Å². The van der Waals surface area contributed by atoms with Crippen molar-refractivity contribution in [1.29, 1.82) is 0 Å². The average Bonchev–Trinajstić information content (AvgIpc) is 3.00. The van der Waals surface area contributed by atoms with Crippen LogP contribution in [0, 0.1) is 0 Å². The number of likely N-dealkylation sites (tertiary alicyclic amines) is 1. The maximum Gasteiger partial charge on any atom is 0.264 e. The van der Waals surface area contributed by atoms with Gasteiger partial charge < -0.3 is 4.90 Å². The number of hydrogen-bond donors (Lipinski definition) is 1. The molecule has 0 aromatic heterocycles. The van der Waals surface area contributed by atoms with Crippen molar-refractivity contribution in [3.63, 3.8) is 0 Å². The maximum absolute atomic E-state index is 12.6. The van der Waals surface area contributed by atoms with E-state index in [9.17, 15) is 8.42 Å². The van der Waals surface area contributed by atoms with Crippen molar-refractivity contribution in [1.82, 2.24) is 9.62 Å². The molecule has 1 fully saturated rings. The summed E-state index contributed by atoms with van der Waals surface area (Å²) in [6.07, 6.45) is 2.10. The summed E-state index contributed by atoms with van der Waals surface area (Å²) in [6, 6.07) is 12.7. The van der Waals surface area contributed by atoms with Gasteiger partial charge in [0.05, 0.1) is 4.90 Å². The number of benzene rings is 2. The molecular weight excluding hydrogens is 304 g/mol. The molecule has 0 unspecified atom stereocenters. The molecule has 2 aromatic rings. The number of rotatable bonds is 2. The monoisotopic (exact) mass is 320 g/mol. The number of nitrogens with zero attached hydrogens (tertiary/aromatic N) is 1. The Bertz CT molecular complexity index is 776. The number of sulfonamides is 1. The first kappa shape index (κ1) is 14.3. The van der Waals surface area contributed by atoms with E-state index in [1.807, 2.05) is 35.2 Å². The van der Waals surface area contributed by atoms with E-state index in [0.29, 0.717) is 10.5 Å². The topological polar surface area (TPSA) is 49.4 Å². The SMILES string of the molecule is O=S(=O)(NC(=S)N1CCCC1)c1cccc2ccccc12. The fourth-order valence-electron chi connectivity index (χ4n) is 2.58. The van der Waals surface area contributed by atoms with Gasteiger partial charge in [0.2, 0.25) is 0 Å². The van der Waals surface area contributed by atoms with E-state index in [-0.39, 0.29) is 4.90 Å². The highest BCUT2D eigenvalue weighted by Crippen LogP contribution is 2.22. The fraction of sp³-hybridized carbons (Fsp3) is 0.267. The first-order valence-electron chi connectivity index (χ1n) is 6.87. The van der Waals surface area contributed by atoms with Crippen LogP contribution in [0.4, 0.5) is 0 Å². The van der Waals surface area contributed by atoms with Crippen LogP contribution in [-0.2, 0) is 10.0 Å². The third-order valence-electron chi connectivity index (χ3n) is 3.65. The van der Waals surface area contributed by atoms with E-state index < -0.39 is 10.0 Å². The van der Waals surface area contributed by atoms with Crippen molar-refractivity contribution in [3.8, 4) is 0 Å². The zero-order valence-electron chi connectivity index (χ0n) is 11.5. The normalized spacial score (nSPS) is 15.3. The lowest BCUT2D eigenvalue weighted by Gasteiger charge is -2.20. The quantitative estimate of drug-likeness (QED) is 0.864. The van der Waals surface area contributed by atoms with Crippen LogP contribution >= 0.6 is 12.2 Å². The maximum atomic E-state index is 12.6. The second kappa shape index (κ2) is 5.61. The lowest BCUT2D eigenvalue weighted by Crippen LogP contribution is -2.41. The van der Waals surface area contributed by atoms with Gasteiger partial charge in [-0.1, -0.05) is 36.4 Å². The Hall–Kier alpha value is -1.66. The Kier molecular flexibility index (Phi) is 3.82. The zero-order valence-corrected chi connectivity index (χ0v) is 13.1. The molecule has 0 atom stereocenters. The van der Waals surface area contributed by atoms with Crippen molar-refractivity contribution in [2.75, 3.05) is 13.1 Å². The van der Waals surface area contributed by atoms with E-state index in [4.69, 9.17) is 12.2 Å². The van der Waals surface area contributed by atoms with Crippen molar-refractivity contribution in [2.45, 2.75) is 17.7 Å². The van der Waals surface area contributed by atoms with Gasteiger partial charge in [0.1, 0.15) is 0 Å². The minimum absolute atomic E-state index is 0.266. The molecule has 1 heterocycles. The molecule has 6 heteroatoms. The molecule has 3 rings (SSSR count). The van der Waals surface area contributed by atoms with Crippen molar-refractivity contribution >= 4 is 38.1 Å². The van der Waals surface area contributed by atoms with E-state index in [1.54, 1.807) is 12.1 Å². The zero-order chi connectivity index (χ0) is 14.9. The van der Waals surface area contributed by atoms with Crippen LogP contribution in [0.5, 0.6) is 0 Å². The molecular formula is C15H16N2O2S2. The summed E-state index contributed by atoms with van der Waals surface area (Å²) in [5.41, 5.74) is 0. The van der Waals surface area contributed by atoms with Crippen LogP contribution in [0.15, 0.2) is 47.4 Å². The standard InChI is InChI=1S/C15H16N2O2S2/c18-21(19,16-15(20)17-10-3-4-11-17)14-9-5-7-12-6-1-2-8-13(12)14/h1-2,5-9H,3-4,10-11H2,(H,16,20). The second-order valence-electron chi connectivity index (χ2n) is 5.08. The number of fused-ring (bicyclic) bond motifs is 1. The molecule has 2 aromatic carbocycles. The molecule has 110 valence electrons. The van der Waals surface area contributed by atoms with Crippen LogP contribution in [0.25, 0.3) is 10.8 Å². The van der Waals surface area contributed by atoms with Gasteiger partial charge in [0, 0.05) is 18.5 Å². The molecule has 0 aliphatic carbocycles. The van der Waals surface area contributed by atoms with Crippen molar-refractivity contribution < 1.29 is 8.42 Å². The number of thiocarbonyl (C=S) groups is 1. The Labute approximate surface area is 129 Å². The summed E-state index contributed by atoms with van der Waals surface area (Å²) in [6.45, 7) is 1.63. The molecule has 0 bridgehead atoms. The highest BCUT2D eigenvalue weighted by molar-refractivity contribution is 7.92. The number of hydrogen-bond acceptors (Lipinski definition) is 3. The van der Waals surface area contributed by atoms with Crippen LogP contribution in [-0.4, -0.2) is 31.5 Å². The van der Waals surface area contributed by atoms with E-state index in [0.717, 1.165) is 31.3 Å². The van der Waals surface area contributed by atoms with Crippen LogP contribution in [0.1, 0.15) is 12.8 Å². The number of nitrogens with one attached hydrogen (secondary N) is 1. The van der Waals surface area contributed by atoms with Gasteiger partial charge in [-0.2, -0.15) is 0 Å². The Balaban J connectivity index is 1.95. The minimum atomic E-state index is -3.66. The molecule has 0 spiro atoms. The third kappa shape index (κ3) is 2.87. The third-order valence-corrected chi connectivity index (χ3v) is 5.54. The molecule has 0 saturated carbocycles. The van der Waals surface area contributed by atoms with E-state index in [2.05, 4.69) is 4.72 Å². The van der Waals surface area contributed by atoms with E-state index >= 15 is 0 Å². The van der Waals surface area contributed by atoms with Gasteiger partial charge >= 0.3 is 0 Å². The lowest BCUT2D eigenvalue weighted by atomic mass is 10.1. The molecule has 4 nitrogen and oxygen atoms in total. The smallest absolute Gasteiger partial charge is 0.264 e. The first-order chi connectivity index (χ1) is 10.1.